The molecule has 0 amide bonds. The van der Waals surface area contributed by atoms with Crippen molar-refractivity contribution in [2.45, 2.75) is 138 Å². The molecule has 14 nitrogen and oxygen atoms in total. The second kappa shape index (κ2) is 20.8. The predicted molar refractivity (Wildman–Crippen MR) is 286 cm³/mol. The molecule has 12 bridgehead atoms. The summed E-state index contributed by atoms with van der Waals surface area (Å²) >= 11 is 0. The third-order valence-corrected chi connectivity index (χ3v) is 27.1. The first kappa shape index (κ1) is 55.0. The van der Waals surface area contributed by atoms with Gasteiger partial charge in [0.15, 0.2) is 0 Å². The third-order valence-electron chi connectivity index (χ3n) is 27.1. The SMILES string of the molecule is CC1C(C)C2CC1C1COC(=O)C21.CC1CC2CC1C1(CCOC1=O)C2.CC1CC2CC1C1C(=O)OCC21.CC1CC2CC1C1COC(=O)C21.CCOC1C(C)C2CC1C1C(=O)OCC21.COC1C(C)C2CC1C1C(=O)OCC21. The monoisotopic (exact) mass is 1100 g/mol. The largest absolute Gasteiger partial charge is 0.465 e. The number of carbonyl (C=O) groups is 6. The maximum absolute atomic E-state index is 11.7. The Bertz CT molecular complexity index is 2390. The fraction of sp³-hybridized carbons (Fsp3) is 0.908. The van der Waals surface area contributed by atoms with Gasteiger partial charge in [0, 0.05) is 43.3 Å². The maximum atomic E-state index is 11.7. The molecule has 18 rings (SSSR count). The van der Waals surface area contributed by atoms with E-state index in [2.05, 4.69) is 48.5 Å². The van der Waals surface area contributed by atoms with Gasteiger partial charge in [0.05, 0.1) is 86.9 Å². The molecule has 79 heavy (non-hydrogen) atoms. The van der Waals surface area contributed by atoms with Crippen LogP contribution < -0.4 is 0 Å². The van der Waals surface area contributed by atoms with Crippen LogP contribution in [0.3, 0.4) is 0 Å². The van der Waals surface area contributed by atoms with Gasteiger partial charge in [0.2, 0.25) is 0 Å². The number of esters is 6. The molecule has 438 valence electrons. The molecule has 0 aromatic rings. The molecule has 0 aromatic carbocycles. The van der Waals surface area contributed by atoms with Crippen LogP contribution in [0, 0.1) is 177 Å². The van der Waals surface area contributed by atoms with E-state index in [1.165, 1.54) is 57.8 Å². The number of hydrogen-bond acceptors (Lipinski definition) is 14. The third kappa shape index (κ3) is 8.58. The first-order valence-electron chi connectivity index (χ1n) is 32.1. The van der Waals surface area contributed by atoms with E-state index in [9.17, 15) is 28.8 Å². The Kier molecular flexibility index (Phi) is 14.5. The first-order valence-corrected chi connectivity index (χ1v) is 32.1. The van der Waals surface area contributed by atoms with E-state index in [0.717, 1.165) is 85.9 Å². The second-order valence-corrected chi connectivity index (χ2v) is 29.8. The Morgan fingerprint density at radius 2 is 0.873 bits per heavy atom. The van der Waals surface area contributed by atoms with Gasteiger partial charge in [0.25, 0.3) is 0 Å². The molecule has 18 aliphatic rings. The van der Waals surface area contributed by atoms with Crippen LogP contribution in [0.25, 0.3) is 0 Å². The molecule has 32 unspecified atom stereocenters. The van der Waals surface area contributed by atoms with Crippen LogP contribution in [0.15, 0.2) is 0 Å². The Hall–Kier alpha value is -3.26. The lowest BCUT2D eigenvalue weighted by Crippen LogP contribution is -2.39. The molecule has 12 saturated carbocycles. The van der Waals surface area contributed by atoms with Gasteiger partial charge >= 0.3 is 35.8 Å². The van der Waals surface area contributed by atoms with Crippen molar-refractivity contribution in [1.82, 2.24) is 0 Å². The van der Waals surface area contributed by atoms with Crippen molar-refractivity contribution in [3.05, 3.63) is 0 Å². The molecule has 32 atom stereocenters. The van der Waals surface area contributed by atoms with Gasteiger partial charge < -0.3 is 37.9 Å². The normalized spacial score (nSPS) is 54.9. The van der Waals surface area contributed by atoms with Crippen LogP contribution >= 0.6 is 0 Å². The summed E-state index contributed by atoms with van der Waals surface area (Å²) < 4.78 is 42.2. The van der Waals surface area contributed by atoms with Crippen LogP contribution in [0.2, 0.25) is 0 Å². The minimum absolute atomic E-state index is 0.0245. The van der Waals surface area contributed by atoms with E-state index in [-0.39, 0.29) is 65.1 Å². The van der Waals surface area contributed by atoms with Crippen molar-refractivity contribution in [2.24, 2.45) is 177 Å². The van der Waals surface area contributed by atoms with Crippen molar-refractivity contribution in [1.29, 1.82) is 0 Å². The van der Waals surface area contributed by atoms with E-state index in [1.54, 1.807) is 7.11 Å². The van der Waals surface area contributed by atoms with Crippen molar-refractivity contribution < 1.29 is 66.7 Å². The summed E-state index contributed by atoms with van der Waals surface area (Å²) in [4.78, 5) is 69.0. The van der Waals surface area contributed by atoms with Crippen molar-refractivity contribution in [2.75, 3.05) is 53.4 Å². The van der Waals surface area contributed by atoms with E-state index in [4.69, 9.17) is 37.9 Å². The van der Waals surface area contributed by atoms with E-state index < -0.39 is 0 Å². The van der Waals surface area contributed by atoms with Gasteiger partial charge in [-0.1, -0.05) is 48.5 Å². The molecular weight excluding hydrogens is 1000 g/mol. The van der Waals surface area contributed by atoms with Gasteiger partial charge in [-0.05, 0) is 190 Å². The van der Waals surface area contributed by atoms with E-state index in [0.29, 0.717) is 133 Å². The Balaban J connectivity index is 0.0000000900. The summed E-state index contributed by atoms with van der Waals surface area (Å²) in [6.45, 7) is 23.0. The van der Waals surface area contributed by atoms with Crippen LogP contribution in [-0.2, 0) is 66.7 Å². The second-order valence-electron chi connectivity index (χ2n) is 29.8. The molecule has 12 aliphatic carbocycles. The lowest BCUT2D eigenvalue weighted by atomic mass is 9.68. The lowest BCUT2D eigenvalue weighted by molar-refractivity contribution is -0.150. The van der Waals surface area contributed by atoms with Crippen molar-refractivity contribution >= 4 is 35.8 Å². The Morgan fingerprint density at radius 3 is 1.42 bits per heavy atom. The molecule has 1 spiro atoms. The Labute approximate surface area is 469 Å². The van der Waals surface area contributed by atoms with Crippen LogP contribution in [0.5, 0.6) is 0 Å². The van der Waals surface area contributed by atoms with Crippen LogP contribution in [-0.4, -0.2) is 101 Å². The zero-order chi connectivity index (χ0) is 55.2. The molecule has 6 heterocycles. The minimum Gasteiger partial charge on any atom is -0.465 e. The van der Waals surface area contributed by atoms with Gasteiger partial charge in [-0.25, -0.2) is 0 Å². The number of carbonyl (C=O) groups excluding carboxylic acids is 6. The first-order chi connectivity index (χ1) is 37.9. The van der Waals surface area contributed by atoms with Crippen LogP contribution in [0.4, 0.5) is 0 Å². The average Bonchev–Trinajstić information content (AvgIpc) is 4.42. The highest BCUT2D eigenvalue weighted by Crippen LogP contribution is 2.64. The van der Waals surface area contributed by atoms with E-state index >= 15 is 0 Å². The molecule has 6 saturated heterocycles. The Morgan fingerprint density at radius 1 is 0.418 bits per heavy atom. The molecule has 0 radical (unpaired) electrons. The zero-order valence-electron chi connectivity index (χ0n) is 48.8. The number of fused-ring (bicyclic) bond motifs is 28. The quantitative estimate of drug-likeness (QED) is 0.193. The fourth-order valence-electron chi connectivity index (χ4n) is 23.6. The zero-order valence-corrected chi connectivity index (χ0v) is 48.8. The maximum Gasteiger partial charge on any atom is 0.312 e. The molecule has 14 heteroatoms. The van der Waals surface area contributed by atoms with Gasteiger partial charge in [-0.15, -0.1) is 0 Å². The predicted octanol–water partition coefficient (Wildman–Crippen LogP) is 9.13. The topological polar surface area (TPSA) is 176 Å². The van der Waals surface area contributed by atoms with Crippen LogP contribution in [0.1, 0.15) is 126 Å². The summed E-state index contributed by atoms with van der Waals surface area (Å²) in [5.41, 5.74) is -0.0255. The van der Waals surface area contributed by atoms with Crippen molar-refractivity contribution in [3.8, 4) is 0 Å². The lowest BCUT2D eigenvalue weighted by Gasteiger charge is -2.33. The highest BCUT2D eigenvalue weighted by molar-refractivity contribution is 5.80. The molecule has 18 fully saturated rings. The van der Waals surface area contributed by atoms with E-state index in [1.807, 2.05) is 6.92 Å². The average molecular weight is 1100 g/mol. The molecule has 0 aromatic heterocycles. The highest BCUT2D eigenvalue weighted by Gasteiger charge is 2.66. The molecule has 6 aliphatic heterocycles. The number of cyclic esters (lactones) is 6. The molecular formula is C65H94O14. The number of methoxy groups -OCH3 is 1. The van der Waals surface area contributed by atoms with Gasteiger partial charge in [0.1, 0.15) is 0 Å². The minimum atomic E-state index is -0.0255. The van der Waals surface area contributed by atoms with Crippen molar-refractivity contribution in [3.63, 3.8) is 0 Å². The summed E-state index contributed by atoms with van der Waals surface area (Å²) in [5, 5.41) is 0. The summed E-state index contributed by atoms with van der Waals surface area (Å²) in [6.07, 6.45) is 14.2. The number of ether oxygens (including phenoxy) is 8. The fourth-order valence-corrected chi connectivity index (χ4v) is 23.6. The summed E-state index contributed by atoms with van der Waals surface area (Å²) in [5.74, 6) is 17.5. The smallest absolute Gasteiger partial charge is 0.312 e. The standard InChI is InChI=1S/C12H18O3.C11H16O3.2C11H16O2.2C10H14O2/c1-3-14-11-6(2)7-4-8(11)10-9(7)5-15-12(10)13;1-5-6-3-7(10(5)13-2)9-8(6)4-14-11(9)12;1-5-6(2)8-3-7(5)9-4-13-11(12)10(8)9;1-7-4-8-5-9(7)11(6-8)2-3-13-10(11)12;1-5-2-6-3-7(5)8-4-12-10(11)9(6)8;1-5-2-6-3-7(5)9-8(6)4-12-10(9)11/h6-11H,3-5H2,1-2H3;5-10H,3-4H2,1-2H3;5-10H,3-4H2,1-2H3;7-9H,2-6H2,1H3;2*5-9H,2-4H2,1H3. The van der Waals surface area contributed by atoms with Gasteiger partial charge in [-0.3, -0.25) is 28.8 Å². The number of rotatable bonds is 3. The summed E-state index contributed by atoms with van der Waals surface area (Å²) in [6, 6.07) is 0. The highest BCUT2D eigenvalue weighted by atomic mass is 16.6. The van der Waals surface area contributed by atoms with Gasteiger partial charge in [-0.2, -0.15) is 0 Å². The molecule has 0 N–H and O–H groups in total. The summed E-state index contributed by atoms with van der Waals surface area (Å²) in [7, 11) is 1.76. The number of hydrogen-bond donors (Lipinski definition) is 0.